The minimum atomic E-state index is 0.353. The number of hydrogen-bond acceptors (Lipinski definition) is 4. The number of aromatic nitrogens is 1. The van der Waals surface area contributed by atoms with E-state index in [-0.39, 0.29) is 0 Å². The van der Waals surface area contributed by atoms with E-state index in [1.54, 1.807) is 0 Å². The molecule has 31 heavy (non-hydrogen) atoms. The highest BCUT2D eigenvalue weighted by atomic mass is 16.5. The Kier molecular flexibility index (Phi) is 6.01. The van der Waals surface area contributed by atoms with Crippen LogP contribution in [0.4, 0.5) is 0 Å². The van der Waals surface area contributed by atoms with Crippen LogP contribution in [0.25, 0.3) is 11.3 Å². The molecule has 2 bridgehead atoms. The molecule has 4 nitrogen and oxygen atoms in total. The van der Waals surface area contributed by atoms with E-state index in [0.29, 0.717) is 18.2 Å². The molecule has 3 aromatic rings. The molecule has 0 spiro atoms. The molecule has 2 saturated heterocycles. The van der Waals surface area contributed by atoms with E-state index in [9.17, 15) is 0 Å². The summed E-state index contributed by atoms with van der Waals surface area (Å²) in [6, 6.07) is 24.5. The van der Waals surface area contributed by atoms with Gasteiger partial charge in [-0.15, -0.1) is 0 Å². The Balaban J connectivity index is 1.13. The topological polar surface area (TPSA) is 37.4 Å². The van der Waals surface area contributed by atoms with Crippen LogP contribution in [0.2, 0.25) is 0 Å². The third-order valence-corrected chi connectivity index (χ3v) is 6.81. The molecule has 3 heterocycles. The Morgan fingerprint density at radius 2 is 1.68 bits per heavy atom. The maximum absolute atomic E-state index is 6.38. The molecule has 1 aromatic heterocycles. The summed E-state index contributed by atoms with van der Waals surface area (Å²) < 4.78 is 6.38. The van der Waals surface area contributed by atoms with Crippen molar-refractivity contribution in [3.8, 4) is 17.0 Å². The van der Waals surface area contributed by atoms with Gasteiger partial charge < -0.3 is 15.0 Å². The summed E-state index contributed by atoms with van der Waals surface area (Å²) in [5, 5.41) is 3.54. The van der Waals surface area contributed by atoms with Crippen LogP contribution in [0.1, 0.15) is 36.8 Å². The number of rotatable bonds is 7. The number of ether oxygens (including phenoxy) is 1. The van der Waals surface area contributed by atoms with Crippen molar-refractivity contribution in [1.82, 2.24) is 15.2 Å². The predicted molar refractivity (Wildman–Crippen MR) is 125 cm³/mol. The first-order valence-corrected chi connectivity index (χ1v) is 11.4. The van der Waals surface area contributed by atoms with Crippen LogP contribution in [0.5, 0.6) is 5.75 Å². The standard InChI is InChI=1S/C27H31N3O/c1-30-23-11-12-24(30)16-26(15-23)31-25-9-5-6-20(14-25)17-28-18-21-10-13-27(29-19-21)22-7-3-2-4-8-22/h2-10,13-14,19,23-24,26,28H,11-12,15-18H2,1H3/t23-,24+,26?. The van der Waals surface area contributed by atoms with Gasteiger partial charge in [-0.25, -0.2) is 0 Å². The SMILES string of the molecule is CN1[C@@H]2CC[C@H]1CC(Oc1cccc(CNCc3ccc(-c4ccccc4)nc3)c1)C2. The van der Waals surface area contributed by atoms with E-state index in [2.05, 4.69) is 70.8 Å². The lowest BCUT2D eigenvalue weighted by Crippen LogP contribution is -2.43. The normalized spacial score (nSPS) is 23.1. The van der Waals surface area contributed by atoms with E-state index in [1.807, 2.05) is 24.4 Å². The highest BCUT2D eigenvalue weighted by Crippen LogP contribution is 2.36. The van der Waals surface area contributed by atoms with Gasteiger partial charge in [0.05, 0.1) is 5.69 Å². The quantitative estimate of drug-likeness (QED) is 0.589. The zero-order chi connectivity index (χ0) is 21.0. The number of nitrogens with zero attached hydrogens (tertiary/aromatic N) is 2. The molecular formula is C27H31N3O. The minimum Gasteiger partial charge on any atom is -0.490 e. The molecule has 3 atom stereocenters. The number of nitrogens with one attached hydrogen (secondary N) is 1. The van der Waals surface area contributed by atoms with Gasteiger partial charge in [0.2, 0.25) is 0 Å². The van der Waals surface area contributed by atoms with E-state index in [1.165, 1.54) is 24.0 Å². The van der Waals surface area contributed by atoms with Crippen molar-refractivity contribution in [2.45, 2.75) is 57.0 Å². The summed E-state index contributed by atoms with van der Waals surface area (Å²) >= 11 is 0. The first kappa shape index (κ1) is 20.2. The number of piperidine rings is 1. The van der Waals surface area contributed by atoms with Gasteiger partial charge in [0.25, 0.3) is 0 Å². The van der Waals surface area contributed by atoms with Gasteiger partial charge in [-0.05, 0) is 62.1 Å². The van der Waals surface area contributed by atoms with Crippen molar-refractivity contribution in [1.29, 1.82) is 0 Å². The lowest BCUT2D eigenvalue weighted by Gasteiger charge is -2.36. The van der Waals surface area contributed by atoms with Crippen molar-refractivity contribution in [3.05, 3.63) is 84.1 Å². The Labute approximate surface area is 185 Å². The fourth-order valence-electron chi connectivity index (χ4n) is 5.04. The molecule has 1 N–H and O–H groups in total. The molecule has 0 radical (unpaired) electrons. The smallest absolute Gasteiger partial charge is 0.120 e. The highest BCUT2D eigenvalue weighted by molar-refractivity contribution is 5.58. The predicted octanol–water partition coefficient (Wildman–Crippen LogP) is 5.04. The van der Waals surface area contributed by atoms with E-state index in [0.717, 1.165) is 42.9 Å². The summed E-state index contributed by atoms with van der Waals surface area (Å²) in [5.41, 5.74) is 4.60. The molecular weight excluding hydrogens is 382 g/mol. The minimum absolute atomic E-state index is 0.353. The average molecular weight is 414 g/mol. The van der Waals surface area contributed by atoms with Crippen LogP contribution in [-0.4, -0.2) is 35.1 Å². The average Bonchev–Trinajstić information content (AvgIpc) is 3.01. The highest BCUT2D eigenvalue weighted by Gasteiger charge is 2.39. The fraction of sp³-hybridized carbons (Fsp3) is 0.370. The maximum atomic E-state index is 6.38. The summed E-state index contributed by atoms with van der Waals surface area (Å²) in [4.78, 5) is 7.17. The molecule has 2 aromatic carbocycles. The molecule has 2 aliphatic heterocycles. The molecule has 5 rings (SSSR count). The largest absolute Gasteiger partial charge is 0.490 e. The monoisotopic (exact) mass is 413 g/mol. The second-order valence-electron chi connectivity index (χ2n) is 8.93. The van der Waals surface area contributed by atoms with Crippen LogP contribution in [0, 0.1) is 0 Å². The molecule has 2 fully saturated rings. The van der Waals surface area contributed by atoms with Gasteiger partial charge in [0.15, 0.2) is 0 Å². The van der Waals surface area contributed by atoms with Crippen molar-refractivity contribution in [2.75, 3.05) is 7.05 Å². The first-order chi connectivity index (χ1) is 15.2. The number of pyridine rings is 1. The summed E-state index contributed by atoms with van der Waals surface area (Å²) in [5.74, 6) is 1.00. The molecule has 0 amide bonds. The van der Waals surface area contributed by atoms with E-state index >= 15 is 0 Å². The van der Waals surface area contributed by atoms with Crippen LogP contribution < -0.4 is 10.1 Å². The zero-order valence-corrected chi connectivity index (χ0v) is 18.2. The molecule has 0 aliphatic carbocycles. The zero-order valence-electron chi connectivity index (χ0n) is 18.2. The van der Waals surface area contributed by atoms with Gasteiger partial charge in [-0.1, -0.05) is 48.5 Å². The number of fused-ring (bicyclic) bond motifs is 2. The lowest BCUT2D eigenvalue weighted by atomic mass is 10.0. The van der Waals surface area contributed by atoms with Gasteiger partial charge in [-0.2, -0.15) is 0 Å². The van der Waals surface area contributed by atoms with Crippen LogP contribution in [0.3, 0.4) is 0 Å². The van der Waals surface area contributed by atoms with Crippen LogP contribution >= 0.6 is 0 Å². The molecule has 2 aliphatic rings. The van der Waals surface area contributed by atoms with Gasteiger partial charge in [0.1, 0.15) is 11.9 Å². The van der Waals surface area contributed by atoms with Crippen molar-refractivity contribution in [3.63, 3.8) is 0 Å². The Hall–Kier alpha value is -2.69. The lowest BCUT2D eigenvalue weighted by molar-refractivity contribution is 0.0661. The number of hydrogen-bond donors (Lipinski definition) is 1. The van der Waals surface area contributed by atoms with Crippen LogP contribution in [-0.2, 0) is 13.1 Å². The van der Waals surface area contributed by atoms with Crippen molar-refractivity contribution in [2.24, 2.45) is 0 Å². The summed E-state index contributed by atoms with van der Waals surface area (Å²) in [6.07, 6.45) is 7.27. The third kappa shape index (κ3) is 4.81. The van der Waals surface area contributed by atoms with E-state index < -0.39 is 0 Å². The second kappa shape index (κ2) is 9.21. The van der Waals surface area contributed by atoms with Gasteiger partial charge in [0, 0.05) is 36.9 Å². The second-order valence-corrected chi connectivity index (χ2v) is 8.93. The van der Waals surface area contributed by atoms with Crippen molar-refractivity contribution >= 4 is 0 Å². The Morgan fingerprint density at radius 1 is 0.903 bits per heavy atom. The molecule has 160 valence electrons. The molecule has 0 saturated carbocycles. The van der Waals surface area contributed by atoms with E-state index in [4.69, 9.17) is 4.74 Å². The summed E-state index contributed by atoms with van der Waals surface area (Å²) in [6.45, 7) is 1.61. The van der Waals surface area contributed by atoms with Crippen molar-refractivity contribution < 1.29 is 4.74 Å². The fourth-order valence-corrected chi connectivity index (χ4v) is 5.04. The van der Waals surface area contributed by atoms with Crippen LogP contribution in [0.15, 0.2) is 72.9 Å². The Bertz CT molecular complexity index is 975. The first-order valence-electron chi connectivity index (χ1n) is 11.4. The number of benzene rings is 2. The third-order valence-electron chi connectivity index (χ3n) is 6.81. The Morgan fingerprint density at radius 3 is 2.42 bits per heavy atom. The van der Waals surface area contributed by atoms with Gasteiger partial charge in [-0.3, -0.25) is 4.98 Å². The maximum Gasteiger partial charge on any atom is 0.120 e. The molecule has 1 unspecified atom stereocenters. The van der Waals surface area contributed by atoms with Gasteiger partial charge >= 0.3 is 0 Å². The molecule has 4 heteroatoms. The summed E-state index contributed by atoms with van der Waals surface area (Å²) in [7, 11) is 2.27.